The van der Waals surface area contributed by atoms with Gasteiger partial charge in [0.15, 0.2) is 5.71 Å². The Hall–Kier alpha value is -0.870. The number of carboxylic acid groups (broad SMARTS) is 1. The number of carboxylic acids is 1. The Morgan fingerprint density at radius 2 is 2.09 bits per heavy atom. The smallest absolute Gasteiger partial charge is 0.355 e. The van der Waals surface area contributed by atoms with Gasteiger partial charge in [-0.2, -0.15) is 0 Å². The second kappa shape index (κ2) is 4.10. The molecule has 0 bridgehead atoms. The molecule has 0 rings (SSSR count). The van der Waals surface area contributed by atoms with Crippen LogP contribution in [0.1, 0.15) is 6.92 Å². The third-order valence-electron chi connectivity index (χ3n) is 1.21. The lowest BCUT2D eigenvalue weighted by Gasteiger charge is -1.97. The van der Waals surface area contributed by atoms with Crippen LogP contribution in [0.3, 0.4) is 0 Å². The van der Waals surface area contributed by atoms with Gasteiger partial charge in [-0.3, -0.25) is 5.41 Å². The number of hydrogen-bond donors (Lipinski definition) is 3. The van der Waals surface area contributed by atoms with Crippen molar-refractivity contribution in [2.75, 3.05) is 7.05 Å². The fourth-order valence-electron chi connectivity index (χ4n) is 0.418. The number of carbonyl (C=O) groups is 1. The standard InChI is InChI=1S/C6H9ClN2O2/c1-3(9-2)4(7)5(8)6(10)11/h8-9H,1-2H3,(H,10,11)/p+1. The van der Waals surface area contributed by atoms with Crippen LogP contribution in [0.5, 0.6) is 0 Å². The van der Waals surface area contributed by atoms with Crippen molar-refractivity contribution in [2.45, 2.75) is 6.92 Å². The SMILES string of the molecule is C[NH2+]C(C)=C(Cl)C(=N)C(=O)O. The molecule has 0 radical (unpaired) electrons. The summed E-state index contributed by atoms with van der Waals surface area (Å²) in [7, 11) is 1.73. The molecule has 0 atom stereocenters. The van der Waals surface area contributed by atoms with Crippen molar-refractivity contribution < 1.29 is 15.2 Å². The molecule has 0 aromatic heterocycles. The zero-order valence-electron chi connectivity index (χ0n) is 6.31. The van der Waals surface area contributed by atoms with Gasteiger partial charge in [0, 0.05) is 6.92 Å². The molecule has 0 aliphatic rings. The fraction of sp³-hybridized carbons (Fsp3) is 0.333. The monoisotopic (exact) mass is 177 g/mol. The summed E-state index contributed by atoms with van der Waals surface area (Å²) >= 11 is 5.52. The summed E-state index contributed by atoms with van der Waals surface area (Å²) in [5.41, 5.74) is 0.0290. The third kappa shape index (κ3) is 2.69. The number of nitrogens with one attached hydrogen (secondary N) is 1. The Morgan fingerprint density at radius 3 is 2.36 bits per heavy atom. The highest BCUT2D eigenvalue weighted by molar-refractivity contribution is 6.57. The van der Waals surface area contributed by atoms with Crippen molar-refractivity contribution in [2.24, 2.45) is 0 Å². The van der Waals surface area contributed by atoms with Crippen LogP contribution in [0.4, 0.5) is 0 Å². The van der Waals surface area contributed by atoms with Crippen LogP contribution >= 0.6 is 11.6 Å². The predicted molar refractivity (Wildman–Crippen MR) is 41.8 cm³/mol. The average Bonchev–Trinajstić information content (AvgIpc) is 2.00. The first kappa shape index (κ1) is 10.1. The maximum absolute atomic E-state index is 10.2. The molecule has 0 amide bonds. The van der Waals surface area contributed by atoms with Gasteiger partial charge < -0.3 is 10.4 Å². The van der Waals surface area contributed by atoms with E-state index >= 15 is 0 Å². The second-order valence-electron chi connectivity index (χ2n) is 1.97. The zero-order valence-corrected chi connectivity index (χ0v) is 7.07. The molecule has 0 aliphatic heterocycles. The van der Waals surface area contributed by atoms with Crippen molar-refractivity contribution in [1.82, 2.24) is 0 Å². The molecule has 5 heteroatoms. The first-order valence-corrected chi connectivity index (χ1v) is 3.36. The Morgan fingerprint density at radius 1 is 1.64 bits per heavy atom. The molecular formula is C6H10ClN2O2+. The van der Waals surface area contributed by atoms with Gasteiger partial charge in [0.1, 0.15) is 10.7 Å². The molecule has 0 heterocycles. The van der Waals surface area contributed by atoms with E-state index in [-0.39, 0.29) is 5.03 Å². The topological polar surface area (TPSA) is 77.8 Å². The van der Waals surface area contributed by atoms with E-state index in [0.717, 1.165) is 0 Å². The van der Waals surface area contributed by atoms with E-state index in [2.05, 4.69) is 0 Å². The number of quaternary nitrogens is 1. The molecule has 0 aliphatic carbocycles. The van der Waals surface area contributed by atoms with Gasteiger partial charge in [-0.1, -0.05) is 11.6 Å². The Labute approximate surface area is 69.4 Å². The average molecular weight is 178 g/mol. The highest BCUT2D eigenvalue weighted by Crippen LogP contribution is 2.05. The van der Waals surface area contributed by atoms with Crippen molar-refractivity contribution in [1.29, 1.82) is 5.41 Å². The summed E-state index contributed by atoms with van der Waals surface area (Å²) in [6.45, 7) is 1.65. The summed E-state index contributed by atoms with van der Waals surface area (Å²) in [5, 5.41) is 17.0. The summed E-state index contributed by atoms with van der Waals surface area (Å²) < 4.78 is 0. The molecule has 0 fully saturated rings. The molecule has 62 valence electrons. The van der Waals surface area contributed by atoms with Gasteiger partial charge in [-0.25, -0.2) is 4.79 Å². The van der Waals surface area contributed by atoms with Crippen LogP contribution in [0.25, 0.3) is 0 Å². The van der Waals surface area contributed by atoms with E-state index < -0.39 is 11.7 Å². The number of halogens is 1. The van der Waals surface area contributed by atoms with Gasteiger partial charge in [0.05, 0.1) is 7.05 Å². The minimum absolute atomic E-state index is 0.0139. The van der Waals surface area contributed by atoms with Gasteiger partial charge >= 0.3 is 5.97 Å². The summed E-state index contributed by atoms with van der Waals surface area (Å²) in [6, 6.07) is 0. The number of aliphatic carboxylic acids is 1. The van der Waals surface area contributed by atoms with Crippen molar-refractivity contribution >= 4 is 23.3 Å². The lowest BCUT2D eigenvalue weighted by molar-refractivity contribution is -0.576. The van der Waals surface area contributed by atoms with E-state index in [1.807, 2.05) is 0 Å². The van der Waals surface area contributed by atoms with Gasteiger partial charge in [-0.05, 0) is 0 Å². The largest absolute Gasteiger partial charge is 0.476 e. The molecule has 0 aromatic carbocycles. The quantitative estimate of drug-likeness (QED) is 0.520. The normalized spacial score (nSPS) is 12.3. The Kier molecular flexibility index (Phi) is 3.78. The van der Waals surface area contributed by atoms with E-state index in [0.29, 0.717) is 5.70 Å². The van der Waals surface area contributed by atoms with E-state index in [1.165, 1.54) is 0 Å². The second-order valence-corrected chi connectivity index (χ2v) is 2.34. The maximum atomic E-state index is 10.2. The third-order valence-corrected chi connectivity index (χ3v) is 1.70. The molecule has 0 spiro atoms. The molecule has 0 unspecified atom stereocenters. The van der Waals surface area contributed by atoms with Crippen molar-refractivity contribution in [3.63, 3.8) is 0 Å². The van der Waals surface area contributed by atoms with E-state index in [9.17, 15) is 4.79 Å². The molecule has 0 aromatic rings. The predicted octanol–water partition coefficient (Wildman–Crippen LogP) is -0.246. The molecular weight excluding hydrogens is 168 g/mol. The fourth-order valence-corrected chi connectivity index (χ4v) is 0.608. The molecule has 4 N–H and O–H groups in total. The lowest BCUT2D eigenvalue weighted by atomic mass is 10.3. The van der Waals surface area contributed by atoms with Crippen LogP contribution in [0.2, 0.25) is 0 Å². The minimum atomic E-state index is -1.31. The van der Waals surface area contributed by atoms with Crippen molar-refractivity contribution in [3.05, 3.63) is 10.7 Å². The molecule has 0 saturated carbocycles. The first-order valence-electron chi connectivity index (χ1n) is 2.98. The van der Waals surface area contributed by atoms with Crippen LogP contribution in [0, 0.1) is 5.41 Å². The Balaban J connectivity index is 4.61. The van der Waals surface area contributed by atoms with E-state index in [1.54, 1.807) is 19.3 Å². The highest BCUT2D eigenvalue weighted by atomic mass is 35.5. The zero-order chi connectivity index (χ0) is 9.02. The highest BCUT2D eigenvalue weighted by Gasteiger charge is 2.14. The lowest BCUT2D eigenvalue weighted by Crippen LogP contribution is -2.77. The van der Waals surface area contributed by atoms with Gasteiger partial charge in [0.25, 0.3) is 0 Å². The van der Waals surface area contributed by atoms with Crippen LogP contribution < -0.4 is 5.32 Å². The number of nitrogens with two attached hydrogens (primary N) is 1. The number of hydrogen-bond acceptors (Lipinski definition) is 2. The Bertz CT molecular complexity index is 223. The molecule has 4 nitrogen and oxygen atoms in total. The minimum Gasteiger partial charge on any atom is -0.476 e. The summed E-state index contributed by atoms with van der Waals surface area (Å²) in [6.07, 6.45) is 0. The first-order chi connectivity index (χ1) is 5.00. The molecule has 0 saturated heterocycles. The molecule has 11 heavy (non-hydrogen) atoms. The van der Waals surface area contributed by atoms with E-state index in [4.69, 9.17) is 22.1 Å². The van der Waals surface area contributed by atoms with Crippen LogP contribution in [0.15, 0.2) is 10.7 Å². The number of allylic oxidation sites excluding steroid dienone is 1. The van der Waals surface area contributed by atoms with Crippen LogP contribution in [-0.4, -0.2) is 23.8 Å². The van der Waals surface area contributed by atoms with Gasteiger partial charge in [0.2, 0.25) is 0 Å². The summed E-state index contributed by atoms with van der Waals surface area (Å²) in [5.74, 6) is -1.31. The van der Waals surface area contributed by atoms with Crippen molar-refractivity contribution in [3.8, 4) is 0 Å². The maximum Gasteiger partial charge on any atom is 0.355 e. The van der Waals surface area contributed by atoms with Crippen LogP contribution in [-0.2, 0) is 4.79 Å². The van der Waals surface area contributed by atoms with Gasteiger partial charge in [-0.15, -0.1) is 0 Å². The summed E-state index contributed by atoms with van der Waals surface area (Å²) in [4.78, 5) is 10.2. The number of rotatable bonds is 3.